The van der Waals surface area contributed by atoms with Crippen LogP contribution in [0.15, 0.2) is 12.8 Å². The van der Waals surface area contributed by atoms with Gasteiger partial charge in [-0.25, -0.2) is 15.0 Å². The molecule has 0 saturated carbocycles. The zero-order valence-electron chi connectivity index (χ0n) is 7.41. The van der Waals surface area contributed by atoms with Crippen LogP contribution in [-0.2, 0) is 6.42 Å². The Kier molecular flexibility index (Phi) is 1.81. The van der Waals surface area contributed by atoms with Crippen LogP contribution in [0.1, 0.15) is 18.6 Å². The number of aromatic nitrogens is 4. The van der Waals surface area contributed by atoms with Crippen LogP contribution >= 0.6 is 0 Å². The molecule has 1 N–H and O–H groups in total. The molecule has 0 amide bonds. The molecule has 0 bridgehead atoms. The van der Waals surface area contributed by atoms with E-state index >= 15 is 0 Å². The summed E-state index contributed by atoms with van der Waals surface area (Å²) in [7, 11) is 0. The molecule has 0 aromatic carbocycles. The number of aromatic amines is 1. The fraction of sp³-hybridized carbons (Fsp3) is 0.222. The SMILES string of the molecule is C=Cc1ncc2[nH]c(CC)nc2n1. The minimum Gasteiger partial charge on any atom is -0.339 e. The average Bonchev–Trinajstić information content (AvgIpc) is 2.58. The summed E-state index contributed by atoms with van der Waals surface area (Å²) in [6, 6.07) is 0. The second-order valence-corrected chi connectivity index (χ2v) is 2.71. The predicted molar refractivity (Wildman–Crippen MR) is 51.2 cm³/mol. The van der Waals surface area contributed by atoms with Crippen molar-refractivity contribution in [3.63, 3.8) is 0 Å². The molecule has 2 aromatic heterocycles. The van der Waals surface area contributed by atoms with E-state index in [4.69, 9.17) is 0 Å². The molecule has 2 rings (SSSR count). The molecule has 2 aromatic rings. The molecule has 0 spiro atoms. The quantitative estimate of drug-likeness (QED) is 0.751. The van der Waals surface area contributed by atoms with Crippen molar-refractivity contribution in [2.45, 2.75) is 13.3 Å². The third-order valence-electron chi connectivity index (χ3n) is 1.82. The average molecular weight is 174 g/mol. The number of hydrogen-bond donors (Lipinski definition) is 1. The Hall–Kier alpha value is -1.71. The highest BCUT2D eigenvalue weighted by molar-refractivity contribution is 5.70. The Morgan fingerprint density at radius 2 is 2.38 bits per heavy atom. The first-order valence-electron chi connectivity index (χ1n) is 4.17. The topological polar surface area (TPSA) is 54.5 Å². The van der Waals surface area contributed by atoms with E-state index in [0.717, 1.165) is 17.8 Å². The van der Waals surface area contributed by atoms with Crippen LogP contribution in [0.3, 0.4) is 0 Å². The summed E-state index contributed by atoms with van der Waals surface area (Å²) in [5.74, 6) is 1.55. The van der Waals surface area contributed by atoms with E-state index in [1.54, 1.807) is 12.3 Å². The van der Waals surface area contributed by atoms with Gasteiger partial charge < -0.3 is 4.98 Å². The lowest BCUT2D eigenvalue weighted by Crippen LogP contribution is -1.86. The fourth-order valence-corrected chi connectivity index (χ4v) is 1.14. The molecule has 0 fully saturated rings. The maximum absolute atomic E-state index is 4.29. The van der Waals surface area contributed by atoms with Crippen LogP contribution in [0.25, 0.3) is 17.2 Å². The minimum atomic E-state index is 0.613. The summed E-state index contributed by atoms with van der Waals surface area (Å²) in [5, 5.41) is 0. The predicted octanol–water partition coefficient (Wildman–Crippen LogP) is 1.56. The Morgan fingerprint density at radius 1 is 1.54 bits per heavy atom. The molecule has 0 unspecified atom stereocenters. The summed E-state index contributed by atoms with van der Waals surface area (Å²) >= 11 is 0. The van der Waals surface area contributed by atoms with E-state index in [2.05, 4.69) is 26.5 Å². The van der Waals surface area contributed by atoms with Crippen LogP contribution < -0.4 is 0 Å². The molecule has 4 nitrogen and oxygen atoms in total. The number of imidazole rings is 1. The lowest BCUT2D eigenvalue weighted by Gasteiger charge is -1.88. The lowest BCUT2D eigenvalue weighted by molar-refractivity contribution is 0.997. The Morgan fingerprint density at radius 3 is 3.08 bits per heavy atom. The first-order valence-corrected chi connectivity index (χ1v) is 4.17. The van der Waals surface area contributed by atoms with Crippen LogP contribution in [0.4, 0.5) is 0 Å². The van der Waals surface area contributed by atoms with Crippen LogP contribution in [-0.4, -0.2) is 19.9 Å². The smallest absolute Gasteiger partial charge is 0.181 e. The lowest BCUT2D eigenvalue weighted by atomic mass is 10.5. The summed E-state index contributed by atoms with van der Waals surface area (Å²) in [4.78, 5) is 15.7. The van der Waals surface area contributed by atoms with E-state index in [-0.39, 0.29) is 0 Å². The zero-order chi connectivity index (χ0) is 9.26. The van der Waals surface area contributed by atoms with Crippen molar-refractivity contribution in [1.29, 1.82) is 0 Å². The number of nitrogens with zero attached hydrogens (tertiary/aromatic N) is 3. The van der Waals surface area contributed by atoms with Crippen LogP contribution in [0.2, 0.25) is 0 Å². The molecule has 2 heterocycles. The van der Waals surface area contributed by atoms with Gasteiger partial charge in [-0.05, 0) is 6.08 Å². The van der Waals surface area contributed by atoms with Gasteiger partial charge in [-0.2, -0.15) is 0 Å². The van der Waals surface area contributed by atoms with Gasteiger partial charge in [0.15, 0.2) is 11.5 Å². The van der Waals surface area contributed by atoms with Gasteiger partial charge in [0.2, 0.25) is 0 Å². The molecule has 0 atom stereocenters. The standard InChI is InChI=1S/C9H10N4/c1-3-7-10-5-6-9(12-7)13-8(4-2)11-6/h3,5H,1,4H2,2H3,(H,10,11,12,13). The van der Waals surface area contributed by atoms with E-state index in [1.807, 2.05) is 6.92 Å². The third-order valence-corrected chi connectivity index (χ3v) is 1.82. The number of H-pyrrole nitrogens is 1. The maximum Gasteiger partial charge on any atom is 0.181 e. The molecule has 4 heteroatoms. The molecule has 0 aliphatic carbocycles. The molecule has 0 radical (unpaired) electrons. The van der Waals surface area contributed by atoms with E-state index in [9.17, 15) is 0 Å². The summed E-state index contributed by atoms with van der Waals surface area (Å²) < 4.78 is 0. The van der Waals surface area contributed by atoms with Crippen molar-refractivity contribution in [1.82, 2.24) is 19.9 Å². The van der Waals surface area contributed by atoms with Gasteiger partial charge in [-0.1, -0.05) is 13.5 Å². The highest BCUT2D eigenvalue weighted by atomic mass is 15.0. The normalized spacial score (nSPS) is 10.5. The van der Waals surface area contributed by atoms with Crippen molar-refractivity contribution in [2.24, 2.45) is 0 Å². The molecule has 0 aliphatic rings. The first-order chi connectivity index (χ1) is 6.33. The molecule has 0 aliphatic heterocycles. The van der Waals surface area contributed by atoms with Gasteiger partial charge in [-0.3, -0.25) is 0 Å². The zero-order valence-corrected chi connectivity index (χ0v) is 7.41. The monoisotopic (exact) mass is 174 g/mol. The Balaban J connectivity index is 2.63. The second kappa shape index (κ2) is 2.97. The first kappa shape index (κ1) is 7.91. The van der Waals surface area contributed by atoms with Crippen LogP contribution in [0.5, 0.6) is 0 Å². The molecule has 0 saturated heterocycles. The molecular formula is C9H10N4. The van der Waals surface area contributed by atoms with Crippen molar-refractivity contribution in [3.05, 3.63) is 24.4 Å². The van der Waals surface area contributed by atoms with Gasteiger partial charge >= 0.3 is 0 Å². The highest BCUT2D eigenvalue weighted by Crippen LogP contribution is 2.08. The van der Waals surface area contributed by atoms with E-state index in [0.29, 0.717) is 11.5 Å². The van der Waals surface area contributed by atoms with Crippen LogP contribution in [0, 0.1) is 0 Å². The van der Waals surface area contributed by atoms with Crippen molar-refractivity contribution < 1.29 is 0 Å². The van der Waals surface area contributed by atoms with Gasteiger partial charge in [-0.15, -0.1) is 0 Å². The fourth-order valence-electron chi connectivity index (χ4n) is 1.14. The van der Waals surface area contributed by atoms with E-state index in [1.165, 1.54) is 0 Å². The molecule has 66 valence electrons. The van der Waals surface area contributed by atoms with Gasteiger partial charge in [0.05, 0.1) is 6.20 Å². The summed E-state index contributed by atoms with van der Waals surface area (Å²) in [6.07, 6.45) is 4.21. The van der Waals surface area contributed by atoms with Gasteiger partial charge in [0.1, 0.15) is 11.3 Å². The molecule has 13 heavy (non-hydrogen) atoms. The third kappa shape index (κ3) is 1.30. The maximum atomic E-state index is 4.29. The van der Waals surface area contributed by atoms with E-state index < -0.39 is 0 Å². The number of nitrogens with one attached hydrogen (secondary N) is 1. The number of fused-ring (bicyclic) bond motifs is 1. The Labute approximate surface area is 75.8 Å². The number of hydrogen-bond acceptors (Lipinski definition) is 3. The summed E-state index contributed by atoms with van der Waals surface area (Å²) in [5.41, 5.74) is 1.59. The van der Waals surface area contributed by atoms with Gasteiger partial charge in [0.25, 0.3) is 0 Å². The summed E-state index contributed by atoms with van der Waals surface area (Å²) in [6.45, 7) is 5.64. The van der Waals surface area contributed by atoms with Crippen molar-refractivity contribution in [3.8, 4) is 0 Å². The van der Waals surface area contributed by atoms with Gasteiger partial charge in [0, 0.05) is 6.42 Å². The largest absolute Gasteiger partial charge is 0.339 e. The number of aryl methyl sites for hydroxylation is 1. The second-order valence-electron chi connectivity index (χ2n) is 2.71. The highest BCUT2D eigenvalue weighted by Gasteiger charge is 2.02. The Bertz CT molecular complexity index is 444. The molecular weight excluding hydrogens is 164 g/mol. The van der Waals surface area contributed by atoms with Crippen molar-refractivity contribution in [2.75, 3.05) is 0 Å². The number of rotatable bonds is 2. The van der Waals surface area contributed by atoms with Crippen molar-refractivity contribution >= 4 is 17.2 Å². The minimum absolute atomic E-state index is 0.613.